The fourth-order valence-electron chi connectivity index (χ4n) is 2.48. The fourth-order valence-corrected chi connectivity index (χ4v) is 5.41. The first-order valence-electron chi connectivity index (χ1n) is 8.44. The molecule has 26 heavy (non-hydrogen) atoms. The minimum Gasteiger partial charge on any atom is -0.368 e. The predicted octanol–water partition coefficient (Wildman–Crippen LogP) is 7.15. The van der Waals surface area contributed by atoms with Gasteiger partial charge >= 0.3 is 7.60 Å². The van der Waals surface area contributed by atoms with E-state index in [1.807, 2.05) is 58.0 Å². The summed E-state index contributed by atoms with van der Waals surface area (Å²) in [5, 5.41) is 4.16. The molecule has 7 heteroatoms. The van der Waals surface area contributed by atoms with Crippen LogP contribution in [0.3, 0.4) is 0 Å². The summed E-state index contributed by atoms with van der Waals surface area (Å²) in [6, 6.07) is 14.5. The molecule has 0 aliphatic heterocycles. The number of hydrogen-bond donors (Lipinski definition) is 1. The Kier molecular flexibility index (Phi) is 7.57. The van der Waals surface area contributed by atoms with Crippen molar-refractivity contribution in [3.05, 3.63) is 64.1 Å². The van der Waals surface area contributed by atoms with E-state index in [-0.39, 0.29) is 12.2 Å². The number of para-hydroxylation sites is 1. The van der Waals surface area contributed by atoms with Gasteiger partial charge in [-0.2, -0.15) is 0 Å². The van der Waals surface area contributed by atoms with Crippen LogP contribution in [0.4, 0.5) is 5.69 Å². The molecule has 0 aliphatic rings. The Morgan fingerprint density at radius 1 is 0.923 bits per heavy atom. The topological polar surface area (TPSA) is 47.6 Å². The lowest BCUT2D eigenvalue weighted by Crippen LogP contribution is -2.19. The Morgan fingerprint density at radius 3 is 2.00 bits per heavy atom. The molecule has 0 aliphatic carbocycles. The lowest BCUT2D eigenvalue weighted by molar-refractivity contribution is 0.138. The highest BCUT2D eigenvalue weighted by Crippen LogP contribution is 2.63. The zero-order chi connectivity index (χ0) is 19.3. The van der Waals surface area contributed by atoms with E-state index in [4.69, 9.17) is 32.2 Å². The van der Waals surface area contributed by atoms with Crippen LogP contribution in [-0.4, -0.2) is 12.2 Å². The minimum atomic E-state index is -3.61. The maximum atomic E-state index is 13.8. The highest BCUT2D eigenvalue weighted by atomic mass is 35.5. The van der Waals surface area contributed by atoms with Crippen LogP contribution in [0, 0.1) is 0 Å². The standard InChI is InChI=1S/C19H24Cl2NO3P/c1-13(2)24-26(23,25-14(3)4)19(22-16-8-6-5-7-9-16)17-11-10-15(20)12-18(17)21/h5-14,19,22H,1-4H3/t19-/m1/s1. The Morgan fingerprint density at radius 2 is 1.50 bits per heavy atom. The van der Waals surface area contributed by atoms with E-state index in [1.54, 1.807) is 18.2 Å². The summed E-state index contributed by atoms with van der Waals surface area (Å²) in [5.41, 5.74) is 1.38. The van der Waals surface area contributed by atoms with Gasteiger partial charge in [-0.15, -0.1) is 0 Å². The van der Waals surface area contributed by atoms with Crippen molar-refractivity contribution < 1.29 is 13.6 Å². The van der Waals surface area contributed by atoms with Gasteiger partial charge in [0.1, 0.15) is 0 Å². The van der Waals surface area contributed by atoms with Gasteiger partial charge in [0.15, 0.2) is 5.78 Å². The van der Waals surface area contributed by atoms with Gasteiger partial charge in [0.05, 0.1) is 12.2 Å². The maximum absolute atomic E-state index is 13.8. The molecule has 2 rings (SSSR count). The first-order chi connectivity index (χ1) is 12.2. The molecule has 0 fully saturated rings. The molecule has 4 nitrogen and oxygen atoms in total. The van der Waals surface area contributed by atoms with Crippen LogP contribution in [0.2, 0.25) is 10.0 Å². The zero-order valence-electron chi connectivity index (χ0n) is 15.3. The summed E-state index contributed by atoms with van der Waals surface area (Å²) < 4.78 is 25.4. The smallest absolute Gasteiger partial charge is 0.357 e. The number of benzene rings is 2. The molecule has 0 spiro atoms. The zero-order valence-corrected chi connectivity index (χ0v) is 17.7. The van der Waals surface area contributed by atoms with E-state index < -0.39 is 13.4 Å². The van der Waals surface area contributed by atoms with E-state index in [0.717, 1.165) is 5.69 Å². The molecule has 1 atom stereocenters. The van der Waals surface area contributed by atoms with Crippen LogP contribution in [0.5, 0.6) is 0 Å². The Hall–Kier alpha value is -1.03. The van der Waals surface area contributed by atoms with Crippen LogP contribution < -0.4 is 5.32 Å². The van der Waals surface area contributed by atoms with E-state index in [0.29, 0.717) is 15.6 Å². The van der Waals surface area contributed by atoms with E-state index >= 15 is 0 Å². The van der Waals surface area contributed by atoms with Crippen molar-refractivity contribution in [1.82, 2.24) is 0 Å². The number of rotatable bonds is 8. The van der Waals surface area contributed by atoms with Gasteiger partial charge < -0.3 is 14.4 Å². The Balaban J connectivity index is 2.54. The van der Waals surface area contributed by atoms with Gasteiger partial charge in [0.25, 0.3) is 0 Å². The van der Waals surface area contributed by atoms with Crippen LogP contribution >= 0.6 is 30.8 Å². The molecule has 0 saturated heterocycles. The second-order valence-corrected chi connectivity index (χ2v) is 9.29. The van der Waals surface area contributed by atoms with Gasteiger partial charge in [-0.3, -0.25) is 4.57 Å². The SMILES string of the molecule is CC(C)OP(=O)(OC(C)C)[C@@H](Nc1ccccc1)c1ccc(Cl)cc1Cl. The maximum Gasteiger partial charge on any atom is 0.357 e. The van der Waals surface area contributed by atoms with E-state index in [9.17, 15) is 4.57 Å². The summed E-state index contributed by atoms with van der Waals surface area (Å²) in [7, 11) is -3.61. The van der Waals surface area contributed by atoms with Crippen molar-refractivity contribution in [3.63, 3.8) is 0 Å². The van der Waals surface area contributed by atoms with Crippen molar-refractivity contribution in [2.75, 3.05) is 5.32 Å². The second-order valence-electron chi connectivity index (χ2n) is 6.43. The number of hydrogen-bond acceptors (Lipinski definition) is 4. The van der Waals surface area contributed by atoms with Gasteiger partial charge in [-0.05, 0) is 52.0 Å². The Bertz CT molecular complexity index is 755. The third kappa shape index (κ3) is 5.73. The minimum absolute atomic E-state index is 0.286. The molecule has 0 bridgehead atoms. The summed E-state index contributed by atoms with van der Waals surface area (Å²) in [4.78, 5) is 0. The molecule has 0 radical (unpaired) electrons. The van der Waals surface area contributed by atoms with Crippen molar-refractivity contribution >= 4 is 36.5 Å². The summed E-state index contributed by atoms with van der Waals surface area (Å²) in [5.74, 6) is -0.778. The third-order valence-corrected chi connectivity index (χ3v) is 6.40. The average molecular weight is 416 g/mol. The van der Waals surface area contributed by atoms with E-state index in [1.165, 1.54) is 0 Å². The van der Waals surface area contributed by atoms with Crippen LogP contribution in [-0.2, 0) is 13.6 Å². The largest absolute Gasteiger partial charge is 0.368 e. The van der Waals surface area contributed by atoms with Crippen LogP contribution in [0.25, 0.3) is 0 Å². The first-order valence-corrected chi connectivity index (χ1v) is 10.8. The molecule has 2 aromatic rings. The Labute approximate surface area is 165 Å². The number of anilines is 1. The molecule has 2 aromatic carbocycles. The van der Waals surface area contributed by atoms with E-state index in [2.05, 4.69) is 5.32 Å². The predicted molar refractivity (Wildman–Crippen MR) is 109 cm³/mol. The fraction of sp³-hybridized carbons (Fsp3) is 0.368. The van der Waals surface area contributed by atoms with Gasteiger partial charge in [-0.25, -0.2) is 0 Å². The van der Waals surface area contributed by atoms with Crippen LogP contribution in [0.15, 0.2) is 48.5 Å². The molecule has 142 valence electrons. The number of halogens is 2. The first kappa shape index (κ1) is 21.3. The van der Waals surface area contributed by atoms with Crippen LogP contribution in [0.1, 0.15) is 39.0 Å². The van der Waals surface area contributed by atoms with Crippen molar-refractivity contribution in [3.8, 4) is 0 Å². The van der Waals surface area contributed by atoms with Gasteiger partial charge in [0.2, 0.25) is 0 Å². The van der Waals surface area contributed by atoms with Crippen molar-refractivity contribution in [2.24, 2.45) is 0 Å². The lowest BCUT2D eigenvalue weighted by Gasteiger charge is -2.31. The van der Waals surface area contributed by atoms with Gasteiger partial charge in [0, 0.05) is 21.3 Å². The van der Waals surface area contributed by atoms with Crippen molar-refractivity contribution in [2.45, 2.75) is 45.7 Å². The summed E-state index contributed by atoms with van der Waals surface area (Å²) >= 11 is 12.4. The lowest BCUT2D eigenvalue weighted by atomic mass is 10.2. The number of nitrogens with one attached hydrogen (secondary N) is 1. The molecule has 0 saturated carbocycles. The highest BCUT2D eigenvalue weighted by Gasteiger charge is 2.40. The third-order valence-electron chi connectivity index (χ3n) is 3.37. The van der Waals surface area contributed by atoms with Crippen molar-refractivity contribution in [1.29, 1.82) is 0 Å². The highest BCUT2D eigenvalue weighted by molar-refractivity contribution is 7.54. The summed E-state index contributed by atoms with van der Waals surface area (Å²) in [6.45, 7) is 7.28. The monoisotopic (exact) mass is 415 g/mol. The molecular weight excluding hydrogens is 392 g/mol. The molecule has 0 unspecified atom stereocenters. The molecular formula is C19H24Cl2NO3P. The quantitative estimate of drug-likeness (QED) is 0.465. The molecule has 1 N–H and O–H groups in total. The average Bonchev–Trinajstić information content (AvgIpc) is 2.52. The summed E-state index contributed by atoms with van der Waals surface area (Å²) in [6.07, 6.45) is -0.573. The molecule has 0 amide bonds. The van der Waals surface area contributed by atoms with Gasteiger partial charge in [-0.1, -0.05) is 47.5 Å². The normalized spacial score (nSPS) is 13.2. The molecule has 0 heterocycles. The molecule has 0 aromatic heterocycles. The second kappa shape index (κ2) is 9.25.